The van der Waals surface area contributed by atoms with E-state index in [1.807, 2.05) is 78.5 Å². The monoisotopic (exact) mass is 766 g/mol. The number of fused-ring (bicyclic) bond motifs is 2. The van der Waals surface area contributed by atoms with Crippen molar-refractivity contribution < 1.29 is 27.5 Å². The van der Waals surface area contributed by atoms with Crippen molar-refractivity contribution >= 4 is 44.1 Å². The number of anilines is 2. The second-order valence-electron chi connectivity index (χ2n) is 14.8. The number of rotatable bonds is 15. The number of urea groups is 1. The maximum atomic E-state index is 14.8. The molecule has 4 aromatic rings. The Labute approximate surface area is 323 Å². The predicted molar refractivity (Wildman–Crippen MR) is 215 cm³/mol. The fourth-order valence-corrected chi connectivity index (χ4v) is 8.81. The highest BCUT2D eigenvalue weighted by Crippen LogP contribution is 2.50. The van der Waals surface area contributed by atoms with E-state index < -0.39 is 15.6 Å². The lowest BCUT2D eigenvalue weighted by Gasteiger charge is -2.36. The van der Waals surface area contributed by atoms with Gasteiger partial charge in [-0.3, -0.25) is 19.3 Å². The van der Waals surface area contributed by atoms with Crippen molar-refractivity contribution in [1.29, 1.82) is 0 Å². The number of hydrogen-bond donors (Lipinski definition) is 1. The van der Waals surface area contributed by atoms with Gasteiger partial charge in [0.05, 0.1) is 37.7 Å². The summed E-state index contributed by atoms with van der Waals surface area (Å²) in [4.78, 5) is 39.1. The van der Waals surface area contributed by atoms with Crippen molar-refractivity contribution in [2.45, 2.75) is 37.6 Å². The number of hydrogen-bond acceptors (Lipinski definition) is 9. The van der Waals surface area contributed by atoms with Gasteiger partial charge >= 0.3 is 6.03 Å². The molecule has 7 rings (SSSR count). The Balaban J connectivity index is 1.20. The van der Waals surface area contributed by atoms with E-state index in [4.69, 9.17) is 9.47 Å². The molecule has 3 amide bonds. The summed E-state index contributed by atoms with van der Waals surface area (Å²) < 4.78 is 38.7. The summed E-state index contributed by atoms with van der Waals surface area (Å²) >= 11 is 0. The summed E-state index contributed by atoms with van der Waals surface area (Å²) in [6.45, 7) is 8.64. The normalized spacial score (nSPS) is 20.2. The van der Waals surface area contributed by atoms with Crippen LogP contribution in [-0.2, 0) is 32.7 Å². The Morgan fingerprint density at radius 3 is 2.38 bits per heavy atom. The first-order valence-corrected chi connectivity index (χ1v) is 20.6. The number of morpholine rings is 1. The maximum Gasteiger partial charge on any atom is 0.328 e. The summed E-state index contributed by atoms with van der Waals surface area (Å²) in [5.41, 5.74) is 3.09. The molecule has 0 aliphatic carbocycles. The molecule has 12 nitrogen and oxygen atoms in total. The van der Waals surface area contributed by atoms with Crippen LogP contribution in [0.15, 0.2) is 97.7 Å². The van der Waals surface area contributed by atoms with E-state index in [9.17, 15) is 18.0 Å². The van der Waals surface area contributed by atoms with Crippen LogP contribution in [0.1, 0.15) is 35.6 Å². The van der Waals surface area contributed by atoms with Gasteiger partial charge in [0.25, 0.3) is 5.91 Å². The maximum absolute atomic E-state index is 14.8. The minimum atomic E-state index is -3.57. The van der Waals surface area contributed by atoms with Crippen LogP contribution in [-0.4, -0.2) is 112 Å². The predicted octanol–water partition coefficient (Wildman–Crippen LogP) is 5.67. The molecule has 0 spiro atoms. The molecule has 55 heavy (non-hydrogen) atoms. The number of amides is 3. The summed E-state index contributed by atoms with van der Waals surface area (Å²) in [7, 11) is 0.471. The Hall–Kier alpha value is -5.11. The molecule has 4 aromatic carbocycles. The number of ether oxygens (including phenoxy) is 2. The highest BCUT2D eigenvalue weighted by atomic mass is 32.2. The van der Waals surface area contributed by atoms with Gasteiger partial charge in [-0.25, -0.2) is 13.2 Å². The third kappa shape index (κ3) is 8.00. The molecule has 3 aliphatic rings. The van der Waals surface area contributed by atoms with E-state index in [2.05, 4.69) is 45.4 Å². The van der Waals surface area contributed by atoms with Crippen molar-refractivity contribution in [3.63, 3.8) is 0 Å². The van der Waals surface area contributed by atoms with Gasteiger partial charge in [0.1, 0.15) is 17.9 Å². The topological polar surface area (TPSA) is 115 Å². The zero-order chi connectivity index (χ0) is 38.7. The molecule has 0 unspecified atom stereocenters. The SMILES string of the molecule is C=CN(Cc1ccc(NS(C)(=O)=O)c(OCc2ccccc2)c1)C[C@@]12CC[C@H](c3ccc(N(C)C)c4ccccc34)N1C(=O)N(CCN1CCOCC1)C2=O. The van der Waals surface area contributed by atoms with Gasteiger partial charge in [-0.1, -0.05) is 73.3 Å². The summed E-state index contributed by atoms with van der Waals surface area (Å²) in [6.07, 6.45) is 3.94. The standard InChI is InChI=1S/C42H50N6O6S/c1-5-45(28-32-15-17-36(43-55(4,51)52)39(27-32)54-29-31-11-7-6-8-12-31)30-42-20-19-38(35-16-18-37(44(2)3)34-14-10-9-13-33(34)35)48(42)41(50)47(40(42)49)22-21-46-23-25-53-26-24-46/h5-18,27,38,43H,1,19-26,28-30H2,2-4H3/t38-,42-/m1/s1. The Bertz CT molecular complexity index is 2160. The molecule has 3 aliphatic heterocycles. The molecule has 1 N–H and O–H groups in total. The quantitative estimate of drug-likeness (QED) is 0.153. The summed E-state index contributed by atoms with van der Waals surface area (Å²) in [5, 5.41) is 2.16. The molecule has 0 bridgehead atoms. The van der Waals surface area contributed by atoms with Crippen LogP contribution >= 0.6 is 0 Å². The minimum Gasteiger partial charge on any atom is -0.487 e. The molecule has 3 saturated heterocycles. The lowest BCUT2D eigenvalue weighted by Crippen LogP contribution is -2.53. The molecule has 2 atom stereocenters. The van der Waals surface area contributed by atoms with Crippen LogP contribution < -0.4 is 14.4 Å². The van der Waals surface area contributed by atoms with Gasteiger partial charge in [0.15, 0.2) is 0 Å². The first kappa shape index (κ1) is 38.2. The third-order valence-electron chi connectivity index (χ3n) is 10.9. The van der Waals surface area contributed by atoms with E-state index in [-0.39, 0.29) is 31.1 Å². The smallest absolute Gasteiger partial charge is 0.328 e. The molecular weight excluding hydrogens is 717 g/mol. The van der Waals surface area contributed by atoms with E-state index >= 15 is 0 Å². The van der Waals surface area contributed by atoms with Crippen LogP contribution in [0.4, 0.5) is 16.2 Å². The van der Waals surface area contributed by atoms with Crippen molar-refractivity contribution in [3.8, 4) is 5.75 Å². The van der Waals surface area contributed by atoms with E-state index in [1.165, 1.54) is 4.90 Å². The number of imide groups is 1. The number of carbonyl (C=O) groups is 2. The van der Waals surface area contributed by atoms with Crippen molar-refractivity contribution in [1.82, 2.24) is 19.6 Å². The molecule has 13 heteroatoms. The average molecular weight is 767 g/mol. The van der Waals surface area contributed by atoms with Crippen LogP contribution in [0.5, 0.6) is 5.75 Å². The largest absolute Gasteiger partial charge is 0.487 e. The minimum absolute atomic E-state index is 0.186. The number of nitrogens with zero attached hydrogens (tertiary/aromatic N) is 5. The summed E-state index contributed by atoms with van der Waals surface area (Å²) in [5.74, 6) is 0.194. The lowest BCUT2D eigenvalue weighted by atomic mass is 9.94. The molecule has 0 radical (unpaired) electrons. The van der Waals surface area contributed by atoms with Gasteiger partial charge in [0, 0.05) is 57.9 Å². The summed E-state index contributed by atoms with van der Waals surface area (Å²) in [6, 6.07) is 26.9. The third-order valence-corrected chi connectivity index (χ3v) is 11.5. The zero-order valence-corrected chi connectivity index (χ0v) is 32.6. The molecule has 3 fully saturated rings. The van der Waals surface area contributed by atoms with Crippen molar-refractivity contribution in [2.24, 2.45) is 0 Å². The molecule has 0 aromatic heterocycles. The van der Waals surface area contributed by atoms with Gasteiger partial charge < -0.3 is 24.2 Å². The molecule has 290 valence electrons. The fraction of sp³-hybridized carbons (Fsp3) is 0.381. The molecule has 3 heterocycles. The zero-order valence-electron chi connectivity index (χ0n) is 31.8. The molecular formula is C42H50N6O6S. The first-order valence-electron chi connectivity index (χ1n) is 18.8. The molecule has 0 saturated carbocycles. The number of carbonyl (C=O) groups excluding carboxylic acids is 2. The van der Waals surface area contributed by atoms with Crippen LogP contribution in [0.25, 0.3) is 10.8 Å². The van der Waals surface area contributed by atoms with Gasteiger partial charge in [-0.15, -0.1) is 0 Å². The van der Waals surface area contributed by atoms with Gasteiger partial charge in [-0.2, -0.15) is 0 Å². The van der Waals surface area contributed by atoms with E-state index in [0.717, 1.165) is 52.5 Å². The van der Waals surface area contributed by atoms with E-state index in [1.54, 1.807) is 12.3 Å². The Morgan fingerprint density at radius 1 is 0.945 bits per heavy atom. The van der Waals surface area contributed by atoms with Crippen LogP contribution in [0.2, 0.25) is 0 Å². The van der Waals surface area contributed by atoms with E-state index in [0.29, 0.717) is 57.1 Å². The van der Waals surface area contributed by atoms with Crippen LogP contribution in [0.3, 0.4) is 0 Å². The second kappa shape index (κ2) is 15.9. The lowest BCUT2D eigenvalue weighted by molar-refractivity contribution is -0.133. The second-order valence-corrected chi connectivity index (χ2v) is 16.6. The Kier molecular flexibility index (Phi) is 11.1. The van der Waals surface area contributed by atoms with Crippen molar-refractivity contribution in [3.05, 3.63) is 114 Å². The van der Waals surface area contributed by atoms with Gasteiger partial charge in [0.2, 0.25) is 10.0 Å². The van der Waals surface area contributed by atoms with Gasteiger partial charge in [-0.05, 0) is 59.3 Å². The Morgan fingerprint density at radius 2 is 1.67 bits per heavy atom. The number of nitrogens with one attached hydrogen (secondary N) is 1. The number of sulfonamides is 1. The number of benzene rings is 4. The van der Waals surface area contributed by atoms with Crippen molar-refractivity contribution in [2.75, 3.05) is 75.9 Å². The fourth-order valence-electron chi connectivity index (χ4n) is 8.25. The highest BCUT2D eigenvalue weighted by Gasteiger charge is 2.63. The highest BCUT2D eigenvalue weighted by molar-refractivity contribution is 7.92. The average Bonchev–Trinajstić information content (AvgIpc) is 3.65. The van der Waals surface area contributed by atoms with Crippen LogP contribution in [0, 0.1) is 0 Å². The first-order chi connectivity index (χ1) is 26.5.